The first-order chi connectivity index (χ1) is 8.81. The van der Waals surface area contributed by atoms with Gasteiger partial charge in [0.05, 0.1) is 6.61 Å². The standard InChI is InChI=1S/C10H23NO7Si/c1-19(18)4-2-3-11-10(17)9(16)8(15)7(14)6(13)5-12/h6-9,12-16,18-19H,2-5H2,1H3,(H,11,17). The zero-order valence-electron chi connectivity index (χ0n) is 10.8. The second-order valence-electron chi connectivity index (χ2n) is 4.46. The van der Waals surface area contributed by atoms with E-state index in [0.29, 0.717) is 12.5 Å². The van der Waals surface area contributed by atoms with E-state index in [1.807, 2.05) is 0 Å². The van der Waals surface area contributed by atoms with Crippen LogP contribution in [0.1, 0.15) is 6.42 Å². The van der Waals surface area contributed by atoms with Gasteiger partial charge in [0.15, 0.2) is 15.1 Å². The van der Waals surface area contributed by atoms with Gasteiger partial charge in [-0.2, -0.15) is 0 Å². The maximum atomic E-state index is 11.4. The maximum Gasteiger partial charge on any atom is 0.251 e. The number of rotatable bonds is 9. The molecule has 5 unspecified atom stereocenters. The Labute approximate surface area is 113 Å². The van der Waals surface area contributed by atoms with Gasteiger partial charge >= 0.3 is 0 Å². The molecule has 0 saturated carbocycles. The first-order valence-corrected chi connectivity index (χ1v) is 8.59. The van der Waals surface area contributed by atoms with Crippen LogP contribution < -0.4 is 5.32 Å². The fourth-order valence-corrected chi connectivity index (χ4v) is 2.19. The molecule has 0 aliphatic carbocycles. The lowest BCUT2D eigenvalue weighted by molar-refractivity contribution is -0.148. The average Bonchev–Trinajstić information content (AvgIpc) is 2.39. The fraction of sp³-hybridized carbons (Fsp3) is 0.900. The summed E-state index contributed by atoms with van der Waals surface area (Å²) in [7, 11) is -1.68. The molecule has 0 saturated heterocycles. The third-order valence-corrected chi connectivity index (χ3v) is 3.87. The molecule has 5 atom stereocenters. The van der Waals surface area contributed by atoms with Gasteiger partial charge in [-0.1, -0.05) is 0 Å². The van der Waals surface area contributed by atoms with Gasteiger partial charge < -0.3 is 35.6 Å². The SMILES string of the molecule is C[SiH](O)CCCNC(=O)C(O)C(O)C(O)C(O)CO. The molecule has 1 amide bonds. The lowest BCUT2D eigenvalue weighted by atomic mass is 10.0. The van der Waals surface area contributed by atoms with Gasteiger partial charge in [-0.25, -0.2) is 0 Å². The average molecular weight is 297 g/mol. The van der Waals surface area contributed by atoms with Crippen LogP contribution in [0, 0.1) is 0 Å². The van der Waals surface area contributed by atoms with E-state index >= 15 is 0 Å². The van der Waals surface area contributed by atoms with E-state index in [2.05, 4.69) is 5.32 Å². The number of hydrogen-bond acceptors (Lipinski definition) is 7. The molecular formula is C10H23NO7Si. The minimum Gasteiger partial charge on any atom is -0.435 e. The summed E-state index contributed by atoms with van der Waals surface area (Å²) in [5, 5.41) is 48.2. The van der Waals surface area contributed by atoms with E-state index in [1.165, 1.54) is 0 Å². The molecule has 8 nitrogen and oxygen atoms in total. The second kappa shape index (κ2) is 9.37. The zero-order chi connectivity index (χ0) is 15.0. The molecule has 0 fully saturated rings. The normalized spacial score (nSPS) is 19.3. The predicted octanol–water partition coefficient (Wildman–Crippen LogP) is -3.73. The molecule has 0 bridgehead atoms. The van der Waals surface area contributed by atoms with Crippen molar-refractivity contribution < 1.29 is 35.1 Å². The first kappa shape index (κ1) is 18.4. The lowest BCUT2D eigenvalue weighted by Crippen LogP contribution is -2.51. The van der Waals surface area contributed by atoms with Crippen LogP contribution in [0.25, 0.3) is 0 Å². The van der Waals surface area contributed by atoms with Crippen molar-refractivity contribution in [1.29, 1.82) is 0 Å². The number of carbonyl (C=O) groups excluding carboxylic acids is 1. The third-order valence-electron chi connectivity index (χ3n) is 2.62. The van der Waals surface area contributed by atoms with Gasteiger partial charge in [-0.3, -0.25) is 4.79 Å². The number of amides is 1. The van der Waals surface area contributed by atoms with Crippen LogP contribution in [0.15, 0.2) is 0 Å². The molecule has 19 heavy (non-hydrogen) atoms. The van der Waals surface area contributed by atoms with E-state index < -0.39 is 46.0 Å². The summed E-state index contributed by atoms with van der Waals surface area (Å²) in [6, 6.07) is 0.616. The third kappa shape index (κ3) is 6.97. The highest BCUT2D eigenvalue weighted by Crippen LogP contribution is 2.05. The summed E-state index contributed by atoms with van der Waals surface area (Å²) in [5.41, 5.74) is 0. The minimum absolute atomic E-state index is 0.235. The summed E-state index contributed by atoms with van der Waals surface area (Å²) in [6.45, 7) is 1.18. The molecule has 7 N–H and O–H groups in total. The summed E-state index contributed by atoms with van der Waals surface area (Å²) in [4.78, 5) is 20.5. The van der Waals surface area contributed by atoms with Crippen LogP contribution in [0.4, 0.5) is 0 Å². The van der Waals surface area contributed by atoms with E-state index in [4.69, 9.17) is 15.0 Å². The Morgan fingerprint density at radius 1 is 1.21 bits per heavy atom. The van der Waals surface area contributed by atoms with E-state index in [0.717, 1.165) is 0 Å². The van der Waals surface area contributed by atoms with Crippen LogP contribution >= 0.6 is 0 Å². The number of nitrogens with one attached hydrogen (secondary N) is 1. The Morgan fingerprint density at radius 3 is 2.26 bits per heavy atom. The van der Waals surface area contributed by atoms with Crippen LogP contribution in [0.2, 0.25) is 12.6 Å². The van der Waals surface area contributed by atoms with Gasteiger partial charge in [0.25, 0.3) is 5.91 Å². The quantitative estimate of drug-likeness (QED) is 0.171. The van der Waals surface area contributed by atoms with Gasteiger partial charge in [-0.05, 0) is 19.0 Å². The van der Waals surface area contributed by atoms with Crippen molar-refractivity contribution in [3.63, 3.8) is 0 Å². The maximum absolute atomic E-state index is 11.4. The highest BCUT2D eigenvalue weighted by molar-refractivity contribution is 6.48. The van der Waals surface area contributed by atoms with Crippen LogP contribution in [0.5, 0.6) is 0 Å². The number of aliphatic hydroxyl groups is 5. The fourth-order valence-electron chi connectivity index (χ4n) is 1.39. The van der Waals surface area contributed by atoms with Gasteiger partial charge in [-0.15, -0.1) is 0 Å². The van der Waals surface area contributed by atoms with Gasteiger partial charge in [0.1, 0.15) is 18.3 Å². The van der Waals surface area contributed by atoms with E-state index in [-0.39, 0.29) is 6.54 Å². The Balaban J connectivity index is 4.10. The molecule has 0 aliphatic heterocycles. The van der Waals surface area contributed by atoms with Crippen molar-refractivity contribution in [3.8, 4) is 0 Å². The Bertz CT molecular complexity index is 266. The van der Waals surface area contributed by atoms with Crippen LogP contribution in [-0.2, 0) is 4.79 Å². The highest BCUT2D eigenvalue weighted by Gasteiger charge is 2.33. The van der Waals surface area contributed by atoms with Gasteiger partial charge in [0, 0.05) is 6.54 Å². The summed E-state index contributed by atoms with van der Waals surface area (Å²) in [6.07, 6.45) is -6.71. The smallest absolute Gasteiger partial charge is 0.251 e. The van der Waals surface area contributed by atoms with Crippen LogP contribution in [-0.4, -0.2) is 82.8 Å². The molecule has 9 heteroatoms. The minimum atomic E-state index is -1.90. The zero-order valence-corrected chi connectivity index (χ0v) is 12.0. The van der Waals surface area contributed by atoms with Gasteiger partial charge in [0.2, 0.25) is 0 Å². The molecule has 0 spiro atoms. The molecule has 0 aromatic carbocycles. The van der Waals surface area contributed by atoms with Crippen molar-refractivity contribution in [1.82, 2.24) is 5.32 Å². The molecule has 0 radical (unpaired) electrons. The number of aliphatic hydroxyl groups excluding tert-OH is 5. The summed E-state index contributed by atoms with van der Waals surface area (Å²) in [5.74, 6) is -0.885. The monoisotopic (exact) mass is 297 g/mol. The molecular weight excluding hydrogens is 274 g/mol. The van der Waals surface area contributed by atoms with Crippen molar-refractivity contribution in [2.24, 2.45) is 0 Å². The Kier molecular flexibility index (Phi) is 9.09. The predicted molar refractivity (Wildman–Crippen MR) is 68.8 cm³/mol. The van der Waals surface area contributed by atoms with E-state index in [9.17, 15) is 20.1 Å². The number of hydrogen-bond donors (Lipinski definition) is 7. The van der Waals surface area contributed by atoms with Crippen molar-refractivity contribution in [3.05, 3.63) is 0 Å². The molecule has 0 aromatic heterocycles. The summed E-state index contributed by atoms with van der Waals surface area (Å²) < 4.78 is 0. The molecule has 0 rings (SSSR count). The first-order valence-electron chi connectivity index (χ1n) is 6.10. The lowest BCUT2D eigenvalue weighted by Gasteiger charge is -2.24. The Morgan fingerprint density at radius 2 is 1.79 bits per heavy atom. The van der Waals surface area contributed by atoms with Crippen molar-refractivity contribution >= 4 is 14.9 Å². The molecule has 114 valence electrons. The Hall–Kier alpha value is -0.553. The molecule has 0 heterocycles. The second-order valence-corrected chi connectivity index (χ2v) is 6.73. The van der Waals surface area contributed by atoms with Crippen molar-refractivity contribution in [2.75, 3.05) is 13.2 Å². The topological polar surface area (TPSA) is 150 Å². The summed E-state index contributed by atoms with van der Waals surface area (Å²) >= 11 is 0. The number of carbonyl (C=O) groups is 1. The highest BCUT2D eigenvalue weighted by atomic mass is 28.3. The molecule has 0 aliphatic rings. The van der Waals surface area contributed by atoms with Crippen molar-refractivity contribution in [2.45, 2.75) is 43.4 Å². The molecule has 0 aromatic rings. The largest absolute Gasteiger partial charge is 0.435 e. The van der Waals surface area contributed by atoms with Crippen LogP contribution in [0.3, 0.4) is 0 Å². The van der Waals surface area contributed by atoms with E-state index in [1.54, 1.807) is 6.55 Å².